The predicted molar refractivity (Wildman–Crippen MR) is 78.8 cm³/mol. The van der Waals surface area contributed by atoms with E-state index in [1.807, 2.05) is 13.1 Å². The molecule has 0 saturated carbocycles. The van der Waals surface area contributed by atoms with E-state index in [0.717, 1.165) is 41.2 Å². The summed E-state index contributed by atoms with van der Waals surface area (Å²) in [7, 11) is 0. The minimum atomic E-state index is 0.817. The molecule has 0 N–H and O–H groups in total. The monoisotopic (exact) mass is 256 g/mol. The van der Waals surface area contributed by atoms with Crippen molar-refractivity contribution in [3.8, 4) is 0 Å². The number of allylic oxidation sites excluding steroid dienone is 1. The third kappa shape index (κ3) is 2.11. The van der Waals surface area contributed by atoms with Crippen molar-refractivity contribution in [2.45, 2.75) is 33.1 Å². The molecule has 1 aliphatic heterocycles. The quantitative estimate of drug-likeness (QED) is 0.828. The lowest BCUT2D eigenvalue weighted by atomic mass is 10.2. The second-order valence-corrected chi connectivity index (χ2v) is 5.33. The zero-order valence-corrected chi connectivity index (χ0v) is 11.7. The number of nitrogens with zero attached hydrogens (tertiary/aromatic N) is 4. The number of aryl methyl sites for hydroxylation is 1. The van der Waals surface area contributed by atoms with E-state index in [2.05, 4.69) is 39.2 Å². The highest BCUT2D eigenvalue weighted by molar-refractivity contribution is 5.82. The Morgan fingerprint density at radius 2 is 2.00 bits per heavy atom. The van der Waals surface area contributed by atoms with Gasteiger partial charge < -0.3 is 5.01 Å². The van der Waals surface area contributed by atoms with E-state index in [0.29, 0.717) is 0 Å². The summed E-state index contributed by atoms with van der Waals surface area (Å²) >= 11 is 0. The Labute approximate surface area is 113 Å². The fraction of sp³-hybridized carbons (Fsp3) is 0.467. The van der Waals surface area contributed by atoms with Crippen LogP contribution in [0.2, 0.25) is 0 Å². The van der Waals surface area contributed by atoms with Gasteiger partial charge in [0.2, 0.25) is 0 Å². The van der Waals surface area contributed by atoms with Crippen molar-refractivity contribution >= 4 is 16.6 Å². The van der Waals surface area contributed by atoms with Gasteiger partial charge in [0.15, 0.2) is 5.65 Å². The first kappa shape index (κ1) is 12.2. The van der Waals surface area contributed by atoms with E-state index < -0.39 is 0 Å². The van der Waals surface area contributed by atoms with Crippen LogP contribution in [0.4, 0.5) is 0 Å². The molecule has 0 amide bonds. The lowest BCUT2D eigenvalue weighted by Crippen LogP contribution is -2.40. The molecule has 4 heteroatoms. The molecule has 1 fully saturated rings. The van der Waals surface area contributed by atoms with Crippen LogP contribution in [0.3, 0.4) is 0 Å². The van der Waals surface area contributed by atoms with Crippen LogP contribution in [0, 0.1) is 6.92 Å². The lowest BCUT2D eigenvalue weighted by molar-refractivity contribution is 0.483. The van der Waals surface area contributed by atoms with Gasteiger partial charge in [0.05, 0.1) is 5.69 Å². The molecule has 100 valence electrons. The number of hydrogen-bond acceptors (Lipinski definition) is 3. The Hall–Kier alpha value is -1.84. The van der Waals surface area contributed by atoms with Crippen LogP contribution >= 0.6 is 0 Å². The molecule has 3 heterocycles. The highest BCUT2D eigenvalue weighted by atomic mass is 15.6. The second-order valence-electron chi connectivity index (χ2n) is 5.33. The lowest BCUT2D eigenvalue weighted by Gasteiger charge is -2.31. The molecule has 1 aliphatic rings. The van der Waals surface area contributed by atoms with E-state index in [1.54, 1.807) is 0 Å². The molecule has 4 nitrogen and oxygen atoms in total. The molecule has 2 aromatic rings. The maximum atomic E-state index is 4.62. The van der Waals surface area contributed by atoms with Crippen molar-refractivity contribution in [1.82, 2.24) is 14.6 Å². The molecule has 0 aromatic carbocycles. The van der Waals surface area contributed by atoms with Gasteiger partial charge in [-0.2, -0.15) is 0 Å². The Morgan fingerprint density at radius 3 is 2.68 bits per heavy atom. The fourth-order valence-corrected chi connectivity index (χ4v) is 2.73. The summed E-state index contributed by atoms with van der Waals surface area (Å²) in [5.41, 5.74) is 3.23. The Kier molecular flexibility index (Phi) is 3.01. The standard InChI is InChI=1S/C15H20N4/c1-11(2)14-9-13-10-16-12(3)17-15(13)19(14)18-7-5-4-6-8-18/h9-10H,1,4-8H2,2-3H3. The van der Waals surface area contributed by atoms with Crippen LogP contribution in [-0.2, 0) is 0 Å². The number of rotatable bonds is 2. The topological polar surface area (TPSA) is 34.0 Å². The zero-order chi connectivity index (χ0) is 13.4. The van der Waals surface area contributed by atoms with E-state index in [1.165, 1.54) is 19.3 Å². The highest BCUT2D eigenvalue weighted by Crippen LogP contribution is 2.24. The predicted octanol–water partition coefficient (Wildman–Crippen LogP) is 2.89. The Morgan fingerprint density at radius 1 is 1.26 bits per heavy atom. The number of hydrogen-bond donors (Lipinski definition) is 0. The number of fused-ring (bicyclic) bond motifs is 1. The summed E-state index contributed by atoms with van der Waals surface area (Å²) < 4.78 is 2.24. The van der Waals surface area contributed by atoms with Gasteiger partial charge in [-0.3, -0.25) is 0 Å². The van der Waals surface area contributed by atoms with Crippen molar-refractivity contribution in [2.75, 3.05) is 18.1 Å². The van der Waals surface area contributed by atoms with Gasteiger partial charge in [0.1, 0.15) is 5.82 Å². The van der Waals surface area contributed by atoms with Gasteiger partial charge in [-0.1, -0.05) is 6.58 Å². The molecular weight excluding hydrogens is 236 g/mol. The maximum Gasteiger partial charge on any atom is 0.162 e. The normalized spacial score (nSPS) is 16.0. The van der Waals surface area contributed by atoms with Crippen molar-refractivity contribution in [1.29, 1.82) is 0 Å². The third-order valence-electron chi connectivity index (χ3n) is 3.69. The van der Waals surface area contributed by atoms with Gasteiger partial charge >= 0.3 is 0 Å². The summed E-state index contributed by atoms with van der Waals surface area (Å²) in [4.78, 5) is 8.92. The van der Waals surface area contributed by atoms with Gasteiger partial charge in [-0.05, 0) is 44.7 Å². The molecule has 0 atom stereocenters. The first-order valence-corrected chi connectivity index (χ1v) is 6.93. The van der Waals surface area contributed by atoms with Gasteiger partial charge in [0.25, 0.3) is 0 Å². The molecule has 19 heavy (non-hydrogen) atoms. The Balaban J connectivity index is 2.20. The summed E-state index contributed by atoms with van der Waals surface area (Å²) in [6.07, 6.45) is 5.73. The fourth-order valence-electron chi connectivity index (χ4n) is 2.73. The average molecular weight is 256 g/mol. The second kappa shape index (κ2) is 4.68. The first-order valence-electron chi connectivity index (χ1n) is 6.93. The molecule has 0 unspecified atom stereocenters. The third-order valence-corrected chi connectivity index (χ3v) is 3.69. The van der Waals surface area contributed by atoms with E-state index in [4.69, 9.17) is 0 Å². The average Bonchev–Trinajstić information content (AvgIpc) is 2.78. The van der Waals surface area contributed by atoms with Crippen LogP contribution in [-0.4, -0.2) is 27.7 Å². The summed E-state index contributed by atoms with van der Waals surface area (Å²) in [6, 6.07) is 2.14. The highest BCUT2D eigenvalue weighted by Gasteiger charge is 2.18. The van der Waals surface area contributed by atoms with Crippen LogP contribution in [0.15, 0.2) is 18.8 Å². The minimum absolute atomic E-state index is 0.817. The molecule has 0 spiro atoms. The van der Waals surface area contributed by atoms with Crippen LogP contribution in [0.25, 0.3) is 16.6 Å². The van der Waals surface area contributed by atoms with Crippen LogP contribution < -0.4 is 5.01 Å². The molecule has 3 rings (SSSR count). The van der Waals surface area contributed by atoms with Crippen molar-refractivity contribution in [2.24, 2.45) is 0 Å². The number of piperidine rings is 1. The minimum Gasteiger partial charge on any atom is -0.311 e. The SMILES string of the molecule is C=C(C)c1cc2cnc(C)nc2n1N1CCCCC1. The summed E-state index contributed by atoms with van der Waals surface area (Å²) in [6.45, 7) is 10.3. The van der Waals surface area contributed by atoms with Crippen LogP contribution in [0.5, 0.6) is 0 Å². The first-order chi connectivity index (χ1) is 9.16. The van der Waals surface area contributed by atoms with Crippen LogP contribution in [0.1, 0.15) is 37.7 Å². The molecule has 0 bridgehead atoms. The summed E-state index contributed by atoms with van der Waals surface area (Å²) in [5.74, 6) is 0.817. The summed E-state index contributed by atoms with van der Waals surface area (Å²) in [5, 5.41) is 3.48. The molecule has 1 saturated heterocycles. The maximum absolute atomic E-state index is 4.62. The zero-order valence-electron chi connectivity index (χ0n) is 11.7. The van der Waals surface area contributed by atoms with Crippen molar-refractivity contribution in [3.63, 3.8) is 0 Å². The molecular formula is C15H20N4. The Bertz CT molecular complexity index is 620. The molecule has 0 radical (unpaired) electrons. The van der Waals surface area contributed by atoms with Crippen molar-refractivity contribution < 1.29 is 0 Å². The van der Waals surface area contributed by atoms with E-state index >= 15 is 0 Å². The van der Waals surface area contributed by atoms with E-state index in [9.17, 15) is 0 Å². The smallest absolute Gasteiger partial charge is 0.162 e. The van der Waals surface area contributed by atoms with Gasteiger partial charge in [-0.15, -0.1) is 0 Å². The number of aromatic nitrogens is 3. The molecule has 2 aromatic heterocycles. The van der Waals surface area contributed by atoms with Crippen molar-refractivity contribution in [3.05, 3.63) is 30.4 Å². The molecule has 0 aliphatic carbocycles. The van der Waals surface area contributed by atoms with E-state index in [-0.39, 0.29) is 0 Å². The largest absolute Gasteiger partial charge is 0.311 e. The van der Waals surface area contributed by atoms with Gasteiger partial charge in [0, 0.05) is 24.7 Å². The van der Waals surface area contributed by atoms with Gasteiger partial charge in [-0.25, -0.2) is 14.6 Å².